The maximum Gasteiger partial charge on any atom is 0.313 e. The van der Waals surface area contributed by atoms with E-state index < -0.39 is 11.1 Å². The van der Waals surface area contributed by atoms with Gasteiger partial charge in [0, 0.05) is 17.6 Å². The van der Waals surface area contributed by atoms with Gasteiger partial charge in [0.2, 0.25) is 0 Å². The topological polar surface area (TPSA) is 65.7 Å². The highest BCUT2D eigenvalue weighted by atomic mass is 32.2. The number of hydrogen-bond donors (Lipinski definition) is 2. The van der Waals surface area contributed by atoms with Crippen molar-refractivity contribution in [2.45, 2.75) is 17.4 Å². The Balaban J connectivity index is 1.94. The molecule has 1 aromatic heterocycles. The van der Waals surface area contributed by atoms with E-state index in [2.05, 4.69) is 22.1 Å². The van der Waals surface area contributed by atoms with Crippen LogP contribution < -0.4 is 11.1 Å². The van der Waals surface area contributed by atoms with E-state index in [1.54, 1.807) is 18.0 Å². The molecule has 0 saturated heterocycles. The highest BCUT2D eigenvalue weighted by Gasteiger charge is 2.21. The fraction of sp³-hybridized carbons (Fsp3) is 0.231. The first-order valence-electron chi connectivity index (χ1n) is 5.74. The predicted molar refractivity (Wildman–Crippen MR) is 71.9 cm³/mol. The number of thioether (sulfide) groups is 1. The molecule has 1 atom stereocenters. The third kappa shape index (κ3) is 2.01. The molecule has 0 spiro atoms. The van der Waals surface area contributed by atoms with Gasteiger partial charge in [-0.3, -0.25) is 9.59 Å². The lowest BCUT2D eigenvalue weighted by molar-refractivity contribution is 0.837. The Morgan fingerprint density at radius 3 is 2.67 bits per heavy atom. The van der Waals surface area contributed by atoms with Crippen LogP contribution in [0, 0.1) is 0 Å². The summed E-state index contributed by atoms with van der Waals surface area (Å²) in [5, 5.41) is 0.199. The molecule has 2 aromatic rings. The number of aromatic amines is 2. The first kappa shape index (κ1) is 11.3. The fourth-order valence-electron chi connectivity index (χ4n) is 2.15. The molecule has 0 fully saturated rings. The molecule has 4 nitrogen and oxygen atoms in total. The zero-order valence-corrected chi connectivity index (χ0v) is 10.4. The van der Waals surface area contributed by atoms with Gasteiger partial charge < -0.3 is 9.97 Å². The maximum absolute atomic E-state index is 11.3. The number of rotatable bonds is 1. The van der Waals surface area contributed by atoms with Gasteiger partial charge >= 0.3 is 11.1 Å². The van der Waals surface area contributed by atoms with Crippen molar-refractivity contribution in [3.8, 4) is 0 Å². The summed E-state index contributed by atoms with van der Waals surface area (Å²) in [4.78, 5) is 27.5. The van der Waals surface area contributed by atoms with Gasteiger partial charge in [-0.25, -0.2) is 0 Å². The number of aromatic nitrogens is 2. The van der Waals surface area contributed by atoms with Crippen LogP contribution in [0.1, 0.15) is 22.1 Å². The van der Waals surface area contributed by atoms with Gasteiger partial charge in [0.05, 0.1) is 5.25 Å². The van der Waals surface area contributed by atoms with Gasteiger partial charge in [-0.05, 0) is 17.5 Å². The molecule has 18 heavy (non-hydrogen) atoms. The quantitative estimate of drug-likeness (QED) is 0.765. The largest absolute Gasteiger partial charge is 0.323 e. The molecule has 1 aliphatic rings. The summed E-state index contributed by atoms with van der Waals surface area (Å²) in [5.74, 6) is 0.933. The van der Waals surface area contributed by atoms with Gasteiger partial charge in [0.25, 0.3) is 0 Å². The molecule has 2 N–H and O–H groups in total. The summed E-state index contributed by atoms with van der Waals surface area (Å²) in [6.45, 7) is 0. The van der Waals surface area contributed by atoms with Crippen LogP contribution >= 0.6 is 11.8 Å². The van der Waals surface area contributed by atoms with Crippen molar-refractivity contribution in [3.05, 3.63) is 68.0 Å². The third-order valence-corrected chi connectivity index (χ3v) is 4.43. The van der Waals surface area contributed by atoms with E-state index >= 15 is 0 Å². The SMILES string of the molecule is O=c1[nH]cc(C2Cc3ccccc3CS2)[nH]c1=O. The van der Waals surface area contributed by atoms with E-state index in [9.17, 15) is 9.59 Å². The minimum atomic E-state index is -0.597. The fourth-order valence-corrected chi connectivity index (χ4v) is 3.42. The zero-order valence-electron chi connectivity index (χ0n) is 9.60. The lowest BCUT2D eigenvalue weighted by Crippen LogP contribution is -2.30. The summed E-state index contributed by atoms with van der Waals surface area (Å²) in [6.07, 6.45) is 2.48. The van der Waals surface area contributed by atoms with E-state index in [0.717, 1.165) is 17.9 Å². The van der Waals surface area contributed by atoms with Crippen LogP contribution in [0.15, 0.2) is 40.1 Å². The minimum Gasteiger partial charge on any atom is -0.323 e. The molecule has 92 valence electrons. The number of hydrogen-bond acceptors (Lipinski definition) is 3. The average molecular weight is 260 g/mol. The molecule has 0 bridgehead atoms. The highest BCUT2D eigenvalue weighted by molar-refractivity contribution is 7.98. The molecule has 5 heteroatoms. The van der Waals surface area contributed by atoms with Crippen LogP contribution in [0.2, 0.25) is 0 Å². The van der Waals surface area contributed by atoms with Crippen molar-refractivity contribution in [3.63, 3.8) is 0 Å². The molecule has 1 unspecified atom stereocenters. The lowest BCUT2D eigenvalue weighted by Gasteiger charge is -2.23. The minimum absolute atomic E-state index is 0.199. The summed E-state index contributed by atoms with van der Waals surface area (Å²) in [7, 11) is 0. The second-order valence-corrected chi connectivity index (χ2v) is 5.49. The Morgan fingerprint density at radius 1 is 1.11 bits per heavy atom. The maximum atomic E-state index is 11.3. The highest BCUT2D eigenvalue weighted by Crippen LogP contribution is 2.38. The van der Waals surface area contributed by atoms with Crippen molar-refractivity contribution in [1.82, 2.24) is 9.97 Å². The van der Waals surface area contributed by atoms with Gasteiger partial charge in [-0.15, -0.1) is 11.8 Å². The normalized spacial score (nSPS) is 18.3. The molecule has 1 aromatic carbocycles. The Bertz CT molecular complexity index is 690. The van der Waals surface area contributed by atoms with E-state index in [-0.39, 0.29) is 5.25 Å². The van der Waals surface area contributed by atoms with Gasteiger partial charge in [-0.2, -0.15) is 0 Å². The van der Waals surface area contributed by atoms with Crippen LogP contribution in [0.25, 0.3) is 0 Å². The van der Waals surface area contributed by atoms with Crippen molar-refractivity contribution in [2.75, 3.05) is 0 Å². The van der Waals surface area contributed by atoms with Crippen molar-refractivity contribution in [2.24, 2.45) is 0 Å². The summed E-state index contributed by atoms with van der Waals surface area (Å²) in [5.41, 5.74) is 2.28. The van der Waals surface area contributed by atoms with Crippen LogP contribution in [0.5, 0.6) is 0 Å². The molecular weight excluding hydrogens is 248 g/mol. The first-order chi connectivity index (χ1) is 8.74. The van der Waals surface area contributed by atoms with Gasteiger partial charge in [0.1, 0.15) is 0 Å². The number of benzene rings is 1. The lowest BCUT2D eigenvalue weighted by atomic mass is 10.0. The number of nitrogens with one attached hydrogen (secondary N) is 2. The molecule has 1 aliphatic heterocycles. The first-order valence-corrected chi connectivity index (χ1v) is 6.79. The van der Waals surface area contributed by atoms with E-state index in [1.165, 1.54) is 11.1 Å². The predicted octanol–water partition coefficient (Wildman–Crippen LogP) is 1.59. The standard InChI is InChI=1S/C13H12N2O2S/c16-12-13(17)15-10(6-14-12)11-5-8-3-1-2-4-9(8)7-18-11/h1-4,6,11H,5,7H2,(H,14,16)(H,15,17). The van der Waals surface area contributed by atoms with Crippen molar-refractivity contribution < 1.29 is 0 Å². The van der Waals surface area contributed by atoms with Gasteiger partial charge in [0.15, 0.2) is 0 Å². The van der Waals surface area contributed by atoms with Crippen LogP contribution in [0.3, 0.4) is 0 Å². The average Bonchev–Trinajstić information content (AvgIpc) is 2.41. The molecular formula is C13H12N2O2S. The molecule has 2 heterocycles. The molecule has 0 amide bonds. The molecule has 0 saturated carbocycles. The molecule has 0 aliphatic carbocycles. The Hall–Kier alpha value is -1.75. The monoisotopic (exact) mass is 260 g/mol. The number of H-pyrrole nitrogens is 2. The van der Waals surface area contributed by atoms with Crippen LogP contribution in [0.4, 0.5) is 0 Å². The summed E-state index contributed by atoms with van der Waals surface area (Å²) in [6, 6.07) is 8.32. The van der Waals surface area contributed by atoms with E-state index in [1.807, 2.05) is 12.1 Å². The van der Waals surface area contributed by atoms with Crippen LogP contribution in [-0.4, -0.2) is 9.97 Å². The van der Waals surface area contributed by atoms with Crippen molar-refractivity contribution >= 4 is 11.8 Å². The zero-order chi connectivity index (χ0) is 12.5. The Morgan fingerprint density at radius 2 is 1.89 bits per heavy atom. The Kier molecular flexibility index (Phi) is 2.83. The summed E-state index contributed by atoms with van der Waals surface area (Å²) >= 11 is 1.78. The van der Waals surface area contributed by atoms with E-state index in [0.29, 0.717) is 0 Å². The van der Waals surface area contributed by atoms with E-state index in [4.69, 9.17) is 0 Å². The number of fused-ring (bicyclic) bond motifs is 1. The smallest absolute Gasteiger partial charge is 0.313 e. The summed E-state index contributed by atoms with van der Waals surface area (Å²) < 4.78 is 0. The Labute approximate surface area is 107 Å². The third-order valence-electron chi connectivity index (χ3n) is 3.13. The van der Waals surface area contributed by atoms with Crippen LogP contribution in [-0.2, 0) is 12.2 Å². The second-order valence-electron chi connectivity index (χ2n) is 4.30. The van der Waals surface area contributed by atoms with Crippen molar-refractivity contribution in [1.29, 1.82) is 0 Å². The molecule has 3 rings (SSSR count). The van der Waals surface area contributed by atoms with Gasteiger partial charge in [-0.1, -0.05) is 24.3 Å². The second kappa shape index (κ2) is 4.49. The molecule has 0 radical (unpaired) electrons.